The predicted molar refractivity (Wildman–Crippen MR) is 69.6 cm³/mol. The van der Waals surface area contributed by atoms with Crippen molar-refractivity contribution in [3.63, 3.8) is 0 Å². The fraction of sp³-hybridized carbons (Fsp3) is 0.364. The predicted octanol–water partition coefficient (Wildman–Crippen LogP) is 2.55. The molecule has 1 aliphatic carbocycles. The SMILES string of the molecule is O=C(NC1CCC1)c1ccc(Cl)c(S(=O)(=O)Cl)c1. The number of benzene rings is 1. The van der Waals surface area contributed by atoms with Crippen LogP contribution in [-0.4, -0.2) is 20.4 Å². The Kier molecular flexibility index (Phi) is 3.84. The van der Waals surface area contributed by atoms with Crippen LogP contribution in [0, 0.1) is 0 Å². The van der Waals surface area contributed by atoms with Crippen LogP contribution >= 0.6 is 22.3 Å². The van der Waals surface area contributed by atoms with Gasteiger partial charge in [0, 0.05) is 22.3 Å². The minimum absolute atomic E-state index is 0.00481. The number of hydrogen-bond donors (Lipinski definition) is 1. The Labute approximate surface area is 115 Å². The zero-order valence-corrected chi connectivity index (χ0v) is 11.6. The van der Waals surface area contributed by atoms with Gasteiger partial charge in [0.15, 0.2) is 0 Å². The molecular formula is C11H11Cl2NO3S. The maximum atomic E-state index is 11.8. The van der Waals surface area contributed by atoms with E-state index >= 15 is 0 Å². The second-order valence-corrected chi connectivity index (χ2v) is 7.13. The Balaban J connectivity index is 2.26. The molecule has 4 nitrogen and oxygen atoms in total. The van der Waals surface area contributed by atoms with E-state index in [1.165, 1.54) is 18.2 Å². The summed E-state index contributed by atoms with van der Waals surface area (Å²) in [5, 5.41) is 2.82. The minimum Gasteiger partial charge on any atom is -0.349 e. The van der Waals surface area contributed by atoms with Crippen LogP contribution in [0.1, 0.15) is 29.6 Å². The van der Waals surface area contributed by atoms with Crippen LogP contribution in [0.15, 0.2) is 23.1 Å². The van der Waals surface area contributed by atoms with Gasteiger partial charge in [-0.2, -0.15) is 0 Å². The summed E-state index contributed by atoms with van der Waals surface area (Å²) >= 11 is 5.73. The summed E-state index contributed by atoms with van der Waals surface area (Å²) in [7, 11) is 1.29. The third kappa shape index (κ3) is 2.96. The quantitative estimate of drug-likeness (QED) is 0.873. The second kappa shape index (κ2) is 5.07. The number of rotatable bonds is 3. The number of carbonyl (C=O) groups excluding carboxylic acids is 1. The van der Waals surface area contributed by atoms with E-state index < -0.39 is 9.05 Å². The van der Waals surface area contributed by atoms with E-state index in [4.69, 9.17) is 22.3 Å². The molecule has 0 heterocycles. The molecule has 1 amide bonds. The molecule has 1 saturated carbocycles. The molecule has 0 unspecified atom stereocenters. The highest BCUT2D eigenvalue weighted by atomic mass is 35.7. The van der Waals surface area contributed by atoms with Crippen molar-refractivity contribution in [2.75, 3.05) is 0 Å². The number of halogens is 2. The monoisotopic (exact) mass is 307 g/mol. The number of carbonyl (C=O) groups is 1. The van der Waals surface area contributed by atoms with Gasteiger partial charge in [-0.05, 0) is 37.5 Å². The molecule has 0 spiro atoms. The Morgan fingerprint density at radius 1 is 1.33 bits per heavy atom. The van der Waals surface area contributed by atoms with Crippen LogP contribution in [-0.2, 0) is 9.05 Å². The smallest absolute Gasteiger partial charge is 0.262 e. The van der Waals surface area contributed by atoms with Crippen molar-refractivity contribution in [3.8, 4) is 0 Å². The minimum atomic E-state index is -3.95. The van der Waals surface area contributed by atoms with Gasteiger partial charge in [-0.25, -0.2) is 8.42 Å². The third-order valence-corrected chi connectivity index (χ3v) is 4.70. The highest BCUT2D eigenvalue weighted by Gasteiger charge is 2.22. The molecule has 0 radical (unpaired) electrons. The number of hydrogen-bond acceptors (Lipinski definition) is 3. The van der Waals surface area contributed by atoms with E-state index in [1.807, 2.05) is 0 Å². The summed E-state index contributed by atoms with van der Waals surface area (Å²) in [5.74, 6) is -0.307. The first kappa shape index (κ1) is 13.6. The first-order chi connectivity index (χ1) is 8.38. The molecule has 0 aliphatic heterocycles. The fourth-order valence-electron chi connectivity index (χ4n) is 1.65. The lowest BCUT2D eigenvalue weighted by Crippen LogP contribution is -2.39. The number of nitrogens with one attached hydrogen (secondary N) is 1. The molecule has 1 aliphatic rings. The van der Waals surface area contributed by atoms with Crippen molar-refractivity contribution in [3.05, 3.63) is 28.8 Å². The maximum Gasteiger partial charge on any atom is 0.262 e. The molecular weight excluding hydrogens is 297 g/mol. The van der Waals surface area contributed by atoms with Gasteiger partial charge in [0.05, 0.1) is 5.02 Å². The van der Waals surface area contributed by atoms with Crippen LogP contribution in [0.4, 0.5) is 0 Å². The van der Waals surface area contributed by atoms with E-state index in [0.29, 0.717) is 0 Å². The van der Waals surface area contributed by atoms with Gasteiger partial charge < -0.3 is 5.32 Å². The average Bonchev–Trinajstić information content (AvgIpc) is 2.22. The van der Waals surface area contributed by atoms with E-state index in [-0.39, 0.29) is 27.4 Å². The topological polar surface area (TPSA) is 63.2 Å². The van der Waals surface area contributed by atoms with E-state index in [2.05, 4.69) is 5.32 Å². The van der Waals surface area contributed by atoms with Gasteiger partial charge in [0.2, 0.25) is 0 Å². The molecule has 1 aromatic rings. The van der Waals surface area contributed by atoms with Crippen molar-refractivity contribution in [1.82, 2.24) is 5.32 Å². The van der Waals surface area contributed by atoms with Crippen molar-refractivity contribution in [2.24, 2.45) is 0 Å². The number of amides is 1. The standard InChI is InChI=1S/C11H11Cl2NO3S/c12-9-5-4-7(6-10(9)18(13,16)17)11(15)14-8-2-1-3-8/h4-6,8H,1-3H2,(H,14,15). The van der Waals surface area contributed by atoms with Crippen LogP contribution in [0.3, 0.4) is 0 Å². The first-order valence-electron chi connectivity index (χ1n) is 5.43. The van der Waals surface area contributed by atoms with Crippen LogP contribution in [0.2, 0.25) is 5.02 Å². The van der Waals surface area contributed by atoms with Crippen LogP contribution < -0.4 is 5.32 Å². The molecule has 7 heteroatoms. The first-order valence-corrected chi connectivity index (χ1v) is 8.12. The summed E-state index contributed by atoms with van der Waals surface area (Å²) in [6, 6.07) is 4.21. The van der Waals surface area contributed by atoms with Gasteiger partial charge >= 0.3 is 0 Å². The molecule has 1 aromatic carbocycles. The van der Waals surface area contributed by atoms with Crippen molar-refractivity contribution >= 4 is 37.2 Å². The van der Waals surface area contributed by atoms with Crippen LogP contribution in [0.5, 0.6) is 0 Å². The Morgan fingerprint density at radius 3 is 2.50 bits per heavy atom. The average molecular weight is 308 g/mol. The lowest BCUT2D eigenvalue weighted by molar-refractivity contribution is 0.0917. The Morgan fingerprint density at radius 2 is 2.00 bits per heavy atom. The molecule has 0 atom stereocenters. The molecule has 2 rings (SSSR count). The zero-order chi connectivity index (χ0) is 13.3. The fourth-order valence-corrected chi connectivity index (χ4v) is 3.15. The largest absolute Gasteiger partial charge is 0.349 e. The van der Waals surface area contributed by atoms with Gasteiger partial charge in [0.1, 0.15) is 4.90 Å². The zero-order valence-electron chi connectivity index (χ0n) is 9.32. The van der Waals surface area contributed by atoms with Crippen molar-refractivity contribution in [2.45, 2.75) is 30.2 Å². The molecule has 18 heavy (non-hydrogen) atoms. The summed E-state index contributed by atoms with van der Waals surface area (Å²) in [6.45, 7) is 0. The summed E-state index contributed by atoms with van der Waals surface area (Å²) in [5.41, 5.74) is 0.241. The molecule has 1 N–H and O–H groups in total. The van der Waals surface area contributed by atoms with E-state index in [9.17, 15) is 13.2 Å². The summed E-state index contributed by atoms with van der Waals surface area (Å²) < 4.78 is 22.5. The summed E-state index contributed by atoms with van der Waals surface area (Å²) in [4.78, 5) is 11.6. The molecule has 0 aromatic heterocycles. The normalized spacial score (nSPS) is 16.1. The van der Waals surface area contributed by atoms with Crippen molar-refractivity contribution < 1.29 is 13.2 Å². The van der Waals surface area contributed by atoms with Gasteiger partial charge in [0.25, 0.3) is 15.0 Å². The maximum absolute atomic E-state index is 11.8. The Bertz CT molecular complexity index is 582. The summed E-state index contributed by atoms with van der Waals surface area (Å²) in [6.07, 6.45) is 3.02. The van der Waals surface area contributed by atoms with Crippen LogP contribution in [0.25, 0.3) is 0 Å². The second-order valence-electron chi connectivity index (χ2n) is 4.18. The van der Waals surface area contributed by atoms with E-state index in [0.717, 1.165) is 19.3 Å². The highest BCUT2D eigenvalue weighted by molar-refractivity contribution is 8.13. The molecule has 98 valence electrons. The van der Waals surface area contributed by atoms with Gasteiger partial charge in [-0.1, -0.05) is 11.6 Å². The molecule has 1 fully saturated rings. The third-order valence-electron chi connectivity index (χ3n) is 2.90. The van der Waals surface area contributed by atoms with Gasteiger partial charge in [-0.3, -0.25) is 4.79 Å². The lowest BCUT2D eigenvalue weighted by Gasteiger charge is -2.26. The highest BCUT2D eigenvalue weighted by Crippen LogP contribution is 2.26. The lowest BCUT2D eigenvalue weighted by atomic mass is 9.93. The van der Waals surface area contributed by atoms with E-state index in [1.54, 1.807) is 0 Å². The van der Waals surface area contributed by atoms with Gasteiger partial charge in [-0.15, -0.1) is 0 Å². The molecule has 0 saturated heterocycles. The molecule has 0 bridgehead atoms. The van der Waals surface area contributed by atoms with Crippen molar-refractivity contribution in [1.29, 1.82) is 0 Å². The Hall–Kier alpha value is -0.780.